The van der Waals surface area contributed by atoms with Crippen LogP contribution in [0.25, 0.3) is 0 Å². The molecule has 24 heavy (non-hydrogen) atoms. The van der Waals surface area contributed by atoms with E-state index in [9.17, 15) is 23.6 Å². The lowest BCUT2D eigenvalue weighted by Crippen LogP contribution is -2.13. The Morgan fingerprint density at radius 2 is 1.83 bits per heavy atom. The third kappa shape index (κ3) is 3.83. The van der Waals surface area contributed by atoms with Crippen LogP contribution >= 0.6 is 0 Å². The number of sulfonamides is 1. The highest BCUT2D eigenvalue weighted by Crippen LogP contribution is 2.30. The molecule has 1 atom stereocenters. The van der Waals surface area contributed by atoms with Crippen LogP contribution in [0.15, 0.2) is 47.4 Å². The normalized spacial score (nSPS) is 12.6. The zero-order valence-electron chi connectivity index (χ0n) is 13.3. The number of hydrogen-bond donors (Lipinski definition) is 2. The zero-order valence-corrected chi connectivity index (χ0v) is 14.1. The Hall–Kier alpha value is -2.61. The summed E-state index contributed by atoms with van der Waals surface area (Å²) >= 11 is 0. The molecule has 0 saturated carbocycles. The number of phenolic OH excluding ortho intramolecular Hbond substituents is 1. The number of non-ortho nitro benzene ring substituents is 1. The van der Waals surface area contributed by atoms with Gasteiger partial charge in [-0.25, -0.2) is 8.42 Å². The number of nitrogens with zero attached hydrogens (tertiary/aromatic N) is 1. The number of nitro groups is 1. The van der Waals surface area contributed by atoms with Crippen molar-refractivity contribution in [2.24, 2.45) is 0 Å². The van der Waals surface area contributed by atoms with Crippen LogP contribution in [0.1, 0.15) is 31.7 Å². The fourth-order valence-electron chi connectivity index (χ4n) is 2.13. The molecule has 0 saturated heterocycles. The van der Waals surface area contributed by atoms with Crippen molar-refractivity contribution >= 4 is 21.4 Å². The minimum Gasteiger partial charge on any atom is -0.506 e. The summed E-state index contributed by atoms with van der Waals surface area (Å²) in [5, 5.41) is 20.5. The summed E-state index contributed by atoms with van der Waals surface area (Å²) in [6.07, 6.45) is 0.936. The fraction of sp³-hybridized carbons (Fsp3) is 0.250. The summed E-state index contributed by atoms with van der Waals surface area (Å²) in [5.74, 6) is -0.0732. The lowest BCUT2D eigenvalue weighted by atomic mass is 9.99. The van der Waals surface area contributed by atoms with Crippen molar-refractivity contribution in [3.63, 3.8) is 0 Å². The van der Waals surface area contributed by atoms with Gasteiger partial charge in [0.05, 0.1) is 15.5 Å². The van der Waals surface area contributed by atoms with Gasteiger partial charge in [-0.3, -0.25) is 14.8 Å². The van der Waals surface area contributed by atoms with Crippen molar-refractivity contribution in [2.45, 2.75) is 31.1 Å². The molecule has 0 bridgehead atoms. The van der Waals surface area contributed by atoms with Gasteiger partial charge in [0.2, 0.25) is 0 Å². The van der Waals surface area contributed by atoms with E-state index in [1.165, 1.54) is 12.1 Å². The molecule has 128 valence electrons. The van der Waals surface area contributed by atoms with Gasteiger partial charge >= 0.3 is 0 Å². The Kier molecular flexibility index (Phi) is 5.08. The number of benzene rings is 2. The lowest BCUT2D eigenvalue weighted by molar-refractivity contribution is -0.384. The molecule has 2 N–H and O–H groups in total. The topological polar surface area (TPSA) is 110 Å². The number of anilines is 1. The van der Waals surface area contributed by atoms with Gasteiger partial charge in [0.1, 0.15) is 5.75 Å². The summed E-state index contributed by atoms with van der Waals surface area (Å²) in [4.78, 5) is 10.1. The largest absolute Gasteiger partial charge is 0.506 e. The zero-order chi connectivity index (χ0) is 17.9. The number of nitrogens with one attached hydrogen (secondary N) is 1. The Morgan fingerprint density at radius 3 is 2.38 bits per heavy atom. The molecule has 8 heteroatoms. The molecule has 0 aliphatic carbocycles. The number of aromatic hydroxyl groups is 1. The Balaban J connectivity index is 2.32. The first kappa shape index (κ1) is 17.7. The molecule has 2 rings (SSSR count). The summed E-state index contributed by atoms with van der Waals surface area (Å²) in [6.45, 7) is 4.09. The van der Waals surface area contributed by atoms with Gasteiger partial charge < -0.3 is 5.11 Å². The Labute approximate surface area is 140 Å². The van der Waals surface area contributed by atoms with Crippen molar-refractivity contribution < 1.29 is 18.4 Å². The highest BCUT2D eigenvalue weighted by atomic mass is 32.2. The van der Waals surface area contributed by atoms with E-state index < -0.39 is 14.9 Å². The minimum atomic E-state index is -3.96. The van der Waals surface area contributed by atoms with E-state index in [2.05, 4.69) is 4.72 Å². The van der Waals surface area contributed by atoms with Crippen molar-refractivity contribution in [3.8, 4) is 5.75 Å². The first-order valence-corrected chi connectivity index (χ1v) is 8.83. The molecular weight excluding hydrogens is 332 g/mol. The lowest BCUT2D eigenvalue weighted by Gasteiger charge is -2.12. The number of rotatable bonds is 6. The highest BCUT2D eigenvalue weighted by Gasteiger charge is 2.19. The third-order valence-electron chi connectivity index (χ3n) is 3.81. The number of nitro benzene ring substituents is 1. The summed E-state index contributed by atoms with van der Waals surface area (Å²) < 4.78 is 27.0. The minimum absolute atomic E-state index is 0.0143. The molecule has 7 nitrogen and oxygen atoms in total. The molecule has 2 aromatic carbocycles. The number of hydrogen-bond acceptors (Lipinski definition) is 5. The fourth-order valence-corrected chi connectivity index (χ4v) is 3.20. The van der Waals surface area contributed by atoms with Crippen LogP contribution < -0.4 is 4.72 Å². The van der Waals surface area contributed by atoms with Crippen LogP contribution in [0.4, 0.5) is 11.4 Å². The van der Waals surface area contributed by atoms with Crippen molar-refractivity contribution in [2.75, 3.05) is 4.72 Å². The molecule has 0 unspecified atom stereocenters. The first-order chi connectivity index (χ1) is 11.2. The molecule has 0 amide bonds. The molecule has 0 radical (unpaired) electrons. The van der Waals surface area contributed by atoms with E-state index in [0.29, 0.717) is 5.92 Å². The van der Waals surface area contributed by atoms with E-state index in [0.717, 1.165) is 30.2 Å². The molecule has 0 aromatic heterocycles. The van der Waals surface area contributed by atoms with Crippen molar-refractivity contribution in [1.82, 2.24) is 0 Å². The maximum absolute atomic E-state index is 12.4. The second-order valence-electron chi connectivity index (χ2n) is 5.44. The van der Waals surface area contributed by atoms with Gasteiger partial charge in [-0.1, -0.05) is 26.0 Å². The van der Waals surface area contributed by atoms with E-state index in [-0.39, 0.29) is 22.0 Å². The van der Waals surface area contributed by atoms with E-state index in [4.69, 9.17) is 0 Å². The van der Waals surface area contributed by atoms with Crippen molar-refractivity contribution in [1.29, 1.82) is 0 Å². The molecule has 2 aromatic rings. The monoisotopic (exact) mass is 350 g/mol. The SMILES string of the molecule is CC[C@H](C)c1ccc(S(=O)(=O)Nc2cc([N+](=O)[O-])ccc2O)cc1. The highest BCUT2D eigenvalue weighted by molar-refractivity contribution is 7.92. The van der Waals surface area contributed by atoms with Crippen LogP contribution in [0, 0.1) is 10.1 Å². The van der Waals surface area contributed by atoms with Crippen LogP contribution in [0.5, 0.6) is 5.75 Å². The predicted octanol–water partition coefficient (Wildman–Crippen LogP) is 3.61. The van der Waals surface area contributed by atoms with Gasteiger partial charge in [-0.2, -0.15) is 0 Å². The van der Waals surface area contributed by atoms with Gasteiger partial charge in [0.25, 0.3) is 15.7 Å². The summed E-state index contributed by atoms with van der Waals surface area (Å²) in [7, 11) is -3.96. The second kappa shape index (κ2) is 6.88. The van der Waals surface area contributed by atoms with Crippen molar-refractivity contribution in [3.05, 3.63) is 58.1 Å². The summed E-state index contributed by atoms with van der Waals surface area (Å²) in [6, 6.07) is 9.54. The standard InChI is InChI=1S/C16H18N2O5S/c1-3-11(2)12-4-7-14(8-5-12)24(22,23)17-15-10-13(18(20)21)6-9-16(15)19/h4-11,17,19H,3H2,1-2H3/t11-/m0/s1. The van der Waals surface area contributed by atoms with E-state index >= 15 is 0 Å². The van der Waals surface area contributed by atoms with Gasteiger partial charge in [0.15, 0.2) is 0 Å². The molecule has 0 aliphatic rings. The smallest absolute Gasteiger partial charge is 0.271 e. The average Bonchev–Trinajstić information content (AvgIpc) is 2.55. The maximum atomic E-state index is 12.4. The van der Waals surface area contributed by atoms with Crippen LogP contribution in [-0.4, -0.2) is 18.4 Å². The predicted molar refractivity (Wildman–Crippen MR) is 90.7 cm³/mol. The molecule has 0 spiro atoms. The maximum Gasteiger partial charge on any atom is 0.271 e. The third-order valence-corrected chi connectivity index (χ3v) is 5.19. The van der Waals surface area contributed by atoms with Gasteiger partial charge in [-0.15, -0.1) is 0 Å². The first-order valence-electron chi connectivity index (χ1n) is 7.34. The molecule has 0 heterocycles. The van der Waals surface area contributed by atoms with Gasteiger partial charge in [0, 0.05) is 12.1 Å². The second-order valence-corrected chi connectivity index (χ2v) is 7.12. The van der Waals surface area contributed by atoms with Gasteiger partial charge in [-0.05, 0) is 36.1 Å². The Bertz CT molecular complexity index is 847. The van der Waals surface area contributed by atoms with Crippen LogP contribution in [-0.2, 0) is 10.0 Å². The van der Waals surface area contributed by atoms with E-state index in [1.807, 2.05) is 13.8 Å². The van der Waals surface area contributed by atoms with Crippen LogP contribution in [0.2, 0.25) is 0 Å². The molecular formula is C16H18N2O5S. The molecule has 0 fully saturated rings. The van der Waals surface area contributed by atoms with Crippen LogP contribution in [0.3, 0.4) is 0 Å². The average molecular weight is 350 g/mol. The summed E-state index contributed by atoms with van der Waals surface area (Å²) in [5.41, 5.74) is 0.461. The number of phenols is 1. The Morgan fingerprint density at radius 1 is 1.21 bits per heavy atom. The molecule has 0 aliphatic heterocycles. The van der Waals surface area contributed by atoms with E-state index in [1.54, 1.807) is 12.1 Å². The quantitative estimate of drug-likeness (QED) is 0.470.